The van der Waals surface area contributed by atoms with Gasteiger partial charge in [-0.05, 0) is 12.5 Å². The molecule has 0 saturated heterocycles. The van der Waals surface area contributed by atoms with E-state index < -0.39 is 9.05 Å². The van der Waals surface area contributed by atoms with Crippen LogP contribution >= 0.6 is 10.7 Å². The van der Waals surface area contributed by atoms with Crippen LogP contribution in [0.5, 0.6) is 0 Å². The normalized spacial score (nSPS) is 12.1. The molecule has 0 radical (unpaired) electrons. The molecule has 0 aliphatic rings. The van der Waals surface area contributed by atoms with Crippen LogP contribution in [-0.4, -0.2) is 13.0 Å². The van der Waals surface area contributed by atoms with Crippen LogP contribution in [0.15, 0.2) is 35.4 Å². The van der Waals surface area contributed by atoms with E-state index in [1.165, 1.54) is 25.7 Å². The molecule has 0 bridgehead atoms. The molecule has 0 spiro atoms. The number of hydrogen-bond donors (Lipinski definition) is 0. The van der Waals surface area contributed by atoms with Gasteiger partial charge in [0.15, 0.2) is 0 Å². The summed E-state index contributed by atoms with van der Waals surface area (Å²) in [6.07, 6.45) is 7.60. The molecule has 0 aliphatic carbocycles. The first-order chi connectivity index (χ1) is 9.54. The number of benzene rings is 1. The molecule has 0 fully saturated rings. The van der Waals surface area contributed by atoms with Crippen LogP contribution in [0.2, 0.25) is 0 Å². The van der Waals surface area contributed by atoms with Crippen LogP contribution in [0.1, 0.15) is 39.0 Å². The van der Waals surface area contributed by atoms with Crippen molar-refractivity contribution in [2.45, 2.75) is 50.5 Å². The van der Waals surface area contributed by atoms with Gasteiger partial charge in [-0.3, -0.25) is 0 Å². The number of nitrogens with zero attached hydrogens (tertiary/aromatic N) is 1. The van der Waals surface area contributed by atoms with E-state index >= 15 is 0 Å². The van der Waals surface area contributed by atoms with Crippen LogP contribution < -0.4 is 0 Å². The predicted octanol–water partition coefficient (Wildman–Crippen LogP) is 4.54. The van der Waals surface area contributed by atoms with Crippen molar-refractivity contribution in [2.75, 3.05) is 0 Å². The van der Waals surface area contributed by atoms with Crippen molar-refractivity contribution in [1.82, 2.24) is 4.57 Å². The minimum Gasteiger partial charge on any atom is -0.346 e. The van der Waals surface area contributed by atoms with Crippen molar-refractivity contribution in [1.29, 1.82) is 0 Å². The number of para-hydroxylation sites is 1. The standard InChI is InChI=1S/C15H20ClNO2S/c1-2-3-4-5-8-11-17-12-15(20(16,18)19)13-9-6-7-10-14(13)17/h6-7,9-10,12H,2-5,8,11H2,1H3. The molecule has 1 aromatic carbocycles. The average Bonchev–Trinajstić information content (AvgIpc) is 2.78. The summed E-state index contributed by atoms with van der Waals surface area (Å²) in [5, 5.41) is 0.705. The molecular weight excluding hydrogens is 294 g/mol. The van der Waals surface area contributed by atoms with E-state index in [0.29, 0.717) is 5.39 Å². The first-order valence-corrected chi connectivity index (χ1v) is 9.37. The highest BCUT2D eigenvalue weighted by Gasteiger charge is 2.18. The zero-order chi connectivity index (χ0) is 14.6. The molecule has 1 heterocycles. The lowest BCUT2D eigenvalue weighted by Gasteiger charge is -2.04. The Kier molecular flexibility index (Phi) is 5.11. The molecule has 0 atom stereocenters. The van der Waals surface area contributed by atoms with Crippen molar-refractivity contribution in [3.63, 3.8) is 0 Å². The summed E-state index contributed by atoms with van der Waals surface area (Å²) in [7, 11) is 1.82. The first kappa shape index (κ1) is 15.4. The number of rotatable bonds is 7. The fourth-order valence-electron chi connectivity index (χ4n) is 2.48. The Labute approximate surface area is 125 Å². The van der Waals surface area contributed by atoms with Gasteiger partial charge in [0.25, 0.3) is 9.05 Å². The van der Waals surface area contributed by atoms with Gasteiger partial charge >= 0.3 is 0 Å². The number of halogens is 1. The number of fused-ring (bicyclic) bond motifs is 1. The number of unbranched alkanes of at least 4 members (excludes halogenated alkanes) is 4. The Morgan fingerprint density at radius 3 is 2.50 bits per heavy atom. The van der Waals surface area contributed by atoms with E-state index in [1.54, 1.807) is 12.3 Å². The van der Waals surface area contributed by atoms with E-state index in [0.717, 1.165) is 18.5 Å². The number of hydrogen-bond acceptors (Lipinski definition) is 2. The summed E-state index contributed by atoms with van der Waals surface area (Å²) in [5.74, 6) is 0. The summed E-state index contributed by atoms with van der Waals surface area (Å²) < 4.78 is 25.3. The van der Waals surface area contributed by atoms with Crippen LogP contribution in [0.3, 0.4) is 0 Å². The molecule has 2 rings (SSSR count). The maximum absolute atomic E-state index is 11.6. The monoisotopic (exact) mass is 313 g/mol. The minimum atomic E-state index is -3.70. The second-order valence-electron chi connectivity index (χ2n) is 5.06. The average molecular weight is 314 g/mol. The molecular formula is C15H20ClNO2S. The number of aryl methyl sites for hydroxylation is 1. The lowest BCUT2D eigenvalue weighted by molar-refractivity contribution is 0.575. The van der Waals surface area contributed by atoms with Gasteiger partial charge in [0, 0.05) is 34.3 Å². The third-order valence-electron chi connectivity index (χ3n) is 3.52. The highest BCUT2D eigenvalue weighted by Crippen LogP contribution is 2.28. The zero-order valence-electron chi connectivity index (χ0n) is 11.7. The predicted molar refractivity (Wildman–Crippen MR) is 83.7 cm³/mol. The molecule has 0 N–H and O–H groups in total. The van der Waals surface area contributed by atoms with Crippen molar-refractivity contribution in [3.8, 4) is 0 Å². The zero-order valence-corrected chi connectivity index (χ0v) is 13.3. The molecule has 3 nitrogen and oxygen atoms in total. The lowest BCUT2D eigenvalue weighted by atomic mass is 10.1. The van der Waals surface area contributed by atoms with Gasteiger partial charge in [-0.2, -0.15) is 0 Å². The second kappa shape index (κ2) is 6.64. The molecule has 5 heteroatoms. The smallest absolute Gasteiger partial charge is 0.263 e. The van der Waals surface area contributed by atoms with E-state index in [-0.39, 0.29) is 4.90 Å². The van der Waals surface area contributed by atoms with Crippen molar-refractivity contribution in [2.24, 2.45) is 0 Å². The summed E-state index contributed by atoms with van der Waals surface area (Å²) in [5.41, 5.74) is 0.933. The van der Waals surface area contributed by atoms with Crippen LogP contribution in [0.25, 0.3) is 10.9 Å². The maximum atomic E-state index is 11.6. The summed E-state index contributed by atoms with van der Waals surface area (Å²) in [4.78, 5) is 0.211. The quantitative estimate of drug-likeness (QED) is 0.556. The van der Waals surface area contributed by atoms with Gasteiger partial charge in [0.05, 0.1) is 0 Å². The Balaban J connectivity index is 2.21. The van der Waals surface area contributed by atoms with Crippen LogP contribution in [0, 0.1) is 0 Å². The summed E-state index contributed by atoms with van der Waals surface area (Å²) in [6, 6.07) is 7.49. The first-order valence-electron chi connectivity index (χ1n) is 7.06. The highest BCUT2D eigenvalue weighted by atomic mass is 35.7. The third-order valence-corrected chi connectivity index (χ3v) is 4.87. The SMILES string of the molecule is CCCCCCCn1cc(S(=O)(=O)Cl)c2ccccc21. The van der Waals surface area contributed by atoms with Crippen molar-refractivity contribution in [3.05, 3.63) is 30.5 Å². The Morgan fingerprint density at radius 1 is 1.10 bits per heavy atom. The molecule has 0 saturated carbocycles. The van der Waals surface area contributed by atoms with Gasteiger partial charge in [0.1, 0.15) is 4.90 Å². The minimum absolute atomic E-state index is 0.211. The van der Waals surface area contributed by atoms with Gasteiger partial charge in [-0.15, -0.1) is 0 Å². The van der Waals surface area contributed by atoms with Crippen molar-refractivity contribution < 1.29 is 8.42 Å². The topological polar surface area (TPSA) is 39.1 Å². The summed E-state index contributed by atoms with van der Waals surface area (Å²) >= 11 is 0. The molecule has 20 heavy (non-hydrogen) atoms. The van der Waals surface area contributed by atoms with E-state index in [2.05, 4.69) is 6.92 Å². The second-order valence-corrected chi connectivity index (χ2v) is 7.59. The molecule has 1 aromatic heterocycles. The van der Waals surface area contributed by atoms with Gasteiger partial charge < -0.3 is 4.57 Å². The van der Waals surface area contributed by atoms with Gasteiger partial charge in [-0.1, -0.05) is 50.8 Å². The lowest BCUT2D eigenvalue weighted by Crippen LogP contribution is -1.96. The Bertz CT molecular complexity index is 676. The Hall–Kier alpha value is -1.00. The molecule has 2 aromatic rings. The van der Waals surface area contributed by atoms with E-state index in [9.17, 15) is 8.42 Å². The maximum Gasteiger partial charge on any atom is 0.263 e. The highest BCUT2D eigenvalue weighted by molar-refractivity contribution is 8.14. The summed E-state index contributed by atoms with van der Waals surface area (Å²) in [6.45, 7) is 3.02. The molecule has 0 aliphatic heterocycles. The van der Waals surface area contributed by atoms with E-state index in [1.807, 2.05) is 22.8 Å². The third kappa shape index (κ3) is 3.55. The Morgan fingerprint density at radius 2 is 1.80 bits per heavy atom. The van der Waals surface area contributed by atoms with E-state index in [4.69, 9.17) is 10.7 Å². The van der Waals surface area contributed by atoms with Gasteiger partial charge in [0.2, 0.25) is 0 Å². The van der Waals surface area contributed by atoms with Crippen molar-refractivity contribution >= 4 is 30.6 Å². The van der Waals surface area contributed by atoms with Crippen LogP contribution in [-0.2, 0) is 15.6 Å². The molecule has 0 amide bonds. The largest absolute Gasteiger partial charge is 0.346 e. The number of aromatic nitrogens is 1. The molecule has 110 valence electrons. The van der Waals surface area contributed by atoms with Crippen LogP contribution in [0.4, 0.5) is 0 Å². The fourth-order valence-corrected chi connectivity index (χ4v) is 3.54. The molecule has 0 unspecified atom stereocenters. The van der Waals surface area contributed by atoms with Gasteiger partial charge in [-0.25, -0.2) is 8.42 Å². The fraction of sp³-hybridized carbons (Fsp3) is 0.467.